The highest BCUT2D eigenvalue weighted by atomic mass is 35.5. The quantitative estimate of drug-likeness (QED) is 0.526. The van der Waals surface area contributed by atoms with E-state index in [4.69, 9.17) is 27.9 Å². The first-order chi connectivity index (χ1) is 15.7. The molecule has 6 nitrogen and oxygen atoms in total. The van der Waals surface area contributed by atoms with Gasteiger partial charge in [0.15, 0.2) is 0 Å². The standard InChI is InChI=1S/C24H22Cl2N2O4S/c1-15-11-21(23(32-2)13-20(15)26)27-24(29)22-12-16-5-3-4-6-17(16)14-28(22)33(30,31)19-9-7-18(25)8-10-19/h3-11,13,22H,12,14H2,1-2H3,(H,27,29). The fraction of sp³-hybridized carbons (Fsp3) is 0.208. The molecule has 0 aliphatic carbocycles. The van der Waals surface area contributed by atoms with Gasteiger partial charge in [0.25, 0.3) is 0 Å². The molecule has 172 valence electrons. The Labute approximate surface area is 203 Å². The van der Waals surface area contributed by atoms with Gasteiger partial charge in [0, 0.05) is 22.7 Å². The summed E-state index contributed by atoms with van der Waals surface area (Å²) in [4.78, 5) is 13.5. The number of methoxy groups -OCH3 is 1. The zero-order valence-corrected chi connectivity index (χ0v) is 20.3. The number of amides is 1. The summed E-state index contributed by atoms with van der Waals surface area (Å²) in [6.07, 6.45) is 0.240. The highest BCUT2D eigenvalue weighted by molar-refractivity contribution is 7.89. The van der Waals surface area contributed by atoms with E-state index in [-0.39, 0.29) is 17.9 Å². The second kappa shape index (κ2) is 9.35. The monoisotopic (exact) mass is 504 g/mol. The van der Waals surface area contributed by atoms with Crippen molar-refractivity contribution in [1.29, 1.82) is 0 Å². The van der Waals surface area contributed by atoms with Crippen LogP contribution in [0.25, 0.3) is 0 Å². The largest absolute Gasteiger partial charge is 0.495 e. The number of nitrogens with zero attached hydrogens (tertiary/aromatic N) is 1. The van der Waals surface area contributed by atoms with Gasteiger partial charge in [0.2, 0.25) is 15.9 Å². The van der Waals surface area contributed by atoms with Crippen LogP contribution in [0.4, 0.5) is 5.69 Å². The molecule has 1 heterocycles. The van der Waals surface area contributed by atoms with E-state index in [1.165, 1.54) is 35.7 Å². The number of carbonyl (C=O) groups is 1. The molecule has 4 rings (SSSR count). The maximum Gasteiger partial charge on any atom is 0.244 e. The summed E-state index contributed by atoms with van der Waals surface area (Å²) in [5, 5.41) is 3.77. The third-order valence-corrected chi connectivity index (χ3v) is 8.20. The zero-order valence-electron chi connectivity index (χ0n) is 18.0. The Hall–Kier alpha value is -2.58. The number of halogens is 2. The number of rotatable bonds is 5. The van der Waals surface area contributed by atoms with E-state index >= 15 is 0 Å². The van der Waals surface area contributed by atoms with Gasteiger partial charge in [0.1, 0.15) is 11.8 Å². The molecule has 1 aliphatic heterocycles. The lowest BCUT2D eigenvalue weighted by Gasteiger charge is -2.35. The molecule has 1 aliphatic rings. The molecule has 0 bridgehead atoms. The van der Waals surface area contributed by atoms with Crippen molar-refractivity contribution in [3.63, 3.8) is 0 Å². The molecule has 33 heavy (non-hydrogen) atoms. The molecule has 0 saturated carbocycles. The number of sulfonamides is 1. The first-order valence-corrected chi connectivity index (χ1v) is 12.4. The Kier molecular flexibility index (Phi) is 6.68. The minimum absolute atomic E-state index is 0.0731. The van der Waals surface area contributed by atoms with E-state index in [2.05, 4.69) is 5.32 Å². The summed E-state index contributed by atoms with van der Waals surface area (Å²) < 4.78 is 33.7. The average Bonchev–Trinajstić information content (AvgIpc) is 2.80. The number of hydrogen-bond donors (Lipinski definition) is 1. The lowest BCUT2D eigenvalue weighted by Crippen LogP contribution is -2.50. The average molecular weight is 505 g/mol. The fourth-order valence-electron chi connectivity index (χ4n) is 3.86. The second-order valence-corrected chi connectivity index (χ2v) is 10.5. The predicted molar refractivity (Wildman–Crippen MR) is 129 cm³/mol. The molecule has 0 radical (unpaired) electrons. The van der Waals surface area contributed by atoms with Crippen LogP contribution in [0.3, 0.4) is 0 Å². The SMILES string of the molecule is COc1cc(Cl)c(C)cc1NC(=O)C1Cc2ccccc2CN1S(=O)(=O)c1ccc(Cl)cc1. The lowest BCUT2D eigenvalue weighted by molar-refractivity contribution is -0.120. The molecule has 0 spiro atoms. The van der Waals surface area contributed by atoms with Gasteiger partial charge in [-0.3, -0.25) is 4.79 Å². The molecule has 1 amide bonds. The van der Waals surface area contributed by atoms with Gasteiger partial charge >= 0.3 is 0 Å². The fourth-order valence-corrected chi connectivity index (χ4v) is 5.71. The smallest absolute Gasteiger partial charge is 0.244 e. The van der Waals surface area contributed by atoms with Gasteiger partial charge in [-0.2, -0.15) is 4.31 Å². The van der Waals surface area contributed by atoms with Gasteiger partial charge in [0.05, 0.1) is 17.7 Å². The molecule has 0 aromatic heterocycles. The minimum Gasteiger partial charge on any atom is -0.495 e. The van der Waals surface area contributed by atoms with E-state index in [1.54, 1.807) is 12.1 Å². The molecular formula is C24H22Cl2N2O4S. The van der Waals surface area contributed by atoms with E-state index in [0.717, 1.165) is 16.7 Å². The maximum absolute atomic E-state index is 13.6. The van der Waals surface area contributed by atoms with Gasteiger partial charge in [-0.25, -0.2) is 8.42 Å². The number of carbonyl (C=O) groups excluding carboxylic acids is 1. The molecule has 0 fully saturated rings. The van der Waals surface area contributed by atoms with E-state index < -0.39 is 22.0 Å². The minimum atomic E-state index is -3.98. The van der Waals surface area contributed by atoms with Crippen LogP contribution >= 0.6 is 23.2 Å². The zero-order chi connectivity index (χ0) is 23.8. The van der Waals surface area contributed by atoms with Crippen molar-refractivity contribution in [2.75, 3.05) is 12.4 Å². The van der Waals surface area contributed by atoms with Crippen molar-refractivity contribution in [3.8, 4) is 5.75 Å². The Morgan fingerprint density at radius 1 is 1.06 bits per heavy atom. The molecule has 3 aromatic rings. The Morgan fingerprint density at radius 2 is 1.73 bits per heavy atom. The van der Waals surface area contributed by atoms with E-state index in [1.807, 2.05) is 31.2 Å². The van der Waals surface area contributed by atoms with Crippen LogP contribution in [0.5, 0.6) is 5.75 Å². The Bertz CT molecular complexity index is 1310. The van der Waals surface area contributed by atoms with Crippen molar-refractivity contribution in [2.45, 2.75) is 30.8 Å². The van der Waals surface area contributed by atoms with Gasteiger partial charge < -0.3 is 10.1 Å². The van der Waals surface area contributed by atoms with Crippen LogP contribution in [0.15, 0.2) is 65.6 Å². The number of fused-ring (bicyclic) bond motifs is 1. The molecular weight excluding hydrogens is 483 g/mol. The normalized spacial score (nSPS) is 16.2. The summed E-state index contributed by atoms with van der Waals surface area (Å²) in [6.45, 7) is 1.89. The van der Waals surface area contributed by atoms with Crippen LogP contribution < -0.4 is 10.1 Å². The Balaban J connectivity index is 1.73. The number of ether oxygens (including phenoxy) is 1. The van der Waals surface area contributed by atoms with Gasteiger partial charge in [-0.1, -0.05) is 47.5 Å². The molecule has 3 aromatic carbocycles. The van der Waals surface area contributed by atoms with Crippen LogP contribution in [0.1, 0.15) is 16.7 Å². The molecule has 1 unspecified atom stereocenters. The highest BCUT2D eigenvalue weighted by Gasteiger charge is 2.39. The predicted octanol–water partition coefficient (Wildman–Crippen LogP) is 5.06. The van der Waals surface area contributed by atoms with Crippen molar-refractivity contribution in [3.05, 3.63) is 87.4 Å². The number of nitrogens with one attached hydrogen (secondary N) is 1. The summed E-state index contributed by atoms with van der Waals surface area (Å²) in [5.41, 5.74) is 2.97. The first-order valence-electron chi connectivity index (χ1n) is 10.2. The highest BCUT2D eigenvalue weighted by Crippen LogP contribution is 2.33. The van der Waals surface area contributed by atoms with Gasteiger partial charge in [-0.05, 0) is 60.4 Å². The van der Waals surface area contributed by atoms with Crippen LogP contribution in [-0.4, -0.2) is 31.8 Å². The molecule has 9 heteroatoms. The van der Waals surface area contributed by atoms with Crippen molar-refractivity contribution in [2.24, 2.45) is 0 Å². The summed E-state index contributed by atoms with van der Waals surface area (Å²) in [5.74, 6) is -0.0654. The van der Waals surface area contributed by atoms with Crippen molar-refractivity contribution in [1.82, 2.24) is 4.31 Å². The Morgan fingerprint density at radius 3 is 2.39 bits per heavy atom. The number of anilines is 1. The van der Waals surface area contributed by atoms with Crippen LogP contribution in [0, 0.1) is 6.92 Å². The van der Waals surface area contributed by atoms with E-state index in [0.29, 0.717) is 21.5 Å². The lowest BCUT2D eigenvalue weighted by atomic mass is 9.95. The van der Waals surface area contributed by atoms with Crippen LogP contribution in [0.2, 0.25) is 10.0 Å². The summed E-state index contributed by atoms with van der Waals surface area (Å²) >= 11 is 12.1. The number of aryl methyl sites for hydroxylation is 1. The second-order valence-electron chi connectivity index (χ2n) is 7.78. The number of benzene rings is 3. The number of hydrogen-bond acceptors (Lipinski definition) is 4. The van der Waals surface area contributed by atoms with E-state index in [9.17, 15) is 13.2 Å². The third-order valence-electron chi connectivity index (χ3n) is 5.67. The summed E-state index contributed by atoms with van der Waals surface area (Å²) in [6, 6.07) is 15.8. The van der Waals surface area contributed by atoms with Crippen molar-refractivity contribution < 1.29 is 17.9 Å². The molecule has 0 saturated heterocycles. The maximum atomic E-state index is 13.6. The van der Waals surface area contributed by atoms with Gasteiger partial charge in [-0.15, -0.1) is 0 Å². The topological polar surface area (TPSA) is 75.7 Å². The summed E-state index contributed by atoms with van der Waals surface area (Å²) in [7, 11) is -2.50. The first kappa shape index (κ1) is 23.6. The third kappa shape index (κ3) is 4.73. The molecule has 1 N–H and O–H groups in total. The molecule has 1 atom stereocenters. The van der Waals surface area contributed by atoms with Crippen molar-refractivity contribution >= 4 is 44.8 Å². The van der Waals surface area contributed by atoms with Crippen LogP contribution in [-0.2, 0) is 27.8 Å².